The van der Waals surface area contributed by atoms with Crippen LogP contribution >= 0.6 is 7.60 Å². The van der Waals surface area contributed by atoms with Crippen LogP contribution in [0.15, 0.2) is 9.59 Å². The number of nitrogens with zero attached hydrogens (tertiary/aromatic N) is 1. The molecule has 2 aliphatic rings. The van der Waals surface area contributed by atoms with Crippen molar-refractivity contribution >= 4 is 24.9 Å². The molecule has 3 rings (SSSR count). The molecule has 0 spiro atoms. The zero-order valence-corrected chi connectivity index (χ0v) is 18.6. The SMILES string of the molecule is CCOP(=O)(CCN1CCCNc2c1c(=O)c2=O)OC(C)OC(=O)C1CCCCC1. The summed E-state index contributed by atoms with van der Waals surface area (Å²) in [6, 6.07) is 0. The molecule has 0 amide bonds. The largest absolute Gasteiger partial charge is 0.435 e. The van der Waals surface area contributed by atoms with Gasteiger partial charge in [0.05, 0.1) is 18.7 Å². The third-order valence-corrected chi connectivity index (χ3v) is 7.62. The molecule has 9 nitrogen and oxygen atoms in total. The number of ether oxygens (including phenoxy) is 1. The Kier molecular flexibility index (Phi) is 7.71. The number of hydrogen-bond acceptors (Lipinski definition) is 9. The highest BCUT2D eigenvalue weighted by Crippen LogP contribution is 2.49. The number of nitrogens with one attached hydrogen (secondary N) is 1. The Labute approximate surface area is 176 Å². The van der Waals surface area contributed by atoms with Gasteiger partial charge in [-0.2, -0.15) is 0 Å². The van der Waals surface area contributed by atoms with Crippen molar-refractivity contribution in [1.29, 1.82) is 0 Å². The van der Waals surface area contributed by atoms with Crippen molar-refractivity contribution in [2.45, 2.75) is 58.7 Å². The Morgan fingerprint density at radius 2 is 1.93 bits per heavy atom. The fourth-order valence-electron chi connectivity index (χ4n) is 4.10. The lowest BCUT2D eigenvalue weighted by molar-refractivity contribution is -0.168. The van der Waals surface area contributed by atoms with Crippen LogP contribution in [0.25, 0.3) is 0 Å². The third-order valence-electron chi connectivity index (χ3n) is 5.61. The first-order valence-electron chi connectivity index (χ1n) is 10.8. The highest BCUT2D eigenvalue weighted by atomic mass is 31.2. The highest BCUT2D eigenvalue weighted by molar-refractivity contribution is 7.53. The molecule has 1 saturated carbocycles. The van der Waals surface area contributed by atoms with Crippen molar-refractivity contribution in [3.8, 4) is 0 Å². The minimum atomic E-state index is -3.57. The second-order valence-corrected chi connectivity index (χ2v) is 9.98. The van der Waals surface area contributed by atoms with Crippen LogP contribution in [0.5, 0.6) is 0 Å². The summed E-state index contributed by atoms with van der Waals surface area (Å²) in [5.74, 6) is -0.453. The van der Waals surface area contributed by atoms with Crippen LogP contribution in [0.2, 0.25) is 0 Å². The topological polar surface area (TPSA) is 111 Å². The van der Waals surface area contributed by atoms with Crippen molar-refractivity contribution in [2.75, 3.05) is 42.6 Å². The Bertz CT molecular complexity index is 858. The van der Waals surface area contributed by atoms with Gasteiger partial charge < -0.3 is 19.5 Å². The van der Waals surface area contributed by atoms with Crippen molar-refractivity contribution in [3.05, 3.63) is 20.4 Å². The van der Waals surface area contributed by atoms with E-state index in [1.165, 1.54) is 6.92 Å². The molecule has 1 N–H and O–H groups in total. The van der Waals surface area contributed by atoms with Gasteiger partial charge in [0, 0.05) is 19.6 Å². The molecular formula is C20H31N2O7P. The molecule has 10 heteroatoms. The van der Waals surface area contributed by atoms with Gasteiger partial charge in [-0.15, -0.1) is 0 Å². The standard InChI is InChI=1S/C20H31N2O7P/c1-3-27-30(26,29-14(2)28-20(25)15-8-5-4-6-9-15)13-12-22-11-7-10-21-16-17(22)19(24)18(16)23/h14-15,21H,3-13H2,1-2H3. The predicted octanol–water partition coefficient (Wildman–Crippen LogP) is 2.62. The molecule has 1 aromatic rings. The molecule has 0 radical (unpaired) electrons. The van der Waals surface area contributed by atoms with E-state index in [1.54, 1.807) is 11.8 Å². The molecule has 1 aliphatic carbocycles. The summed E-state index contributed by atoms with van der Waals surface area (Å²) >= 11 is 0. The number of rotatable bonds is 9. The van der Waals surface area contributed by atoms with Gasteiger partial charge in [-0.05, 0) is 33.1 Å². The van der Waals surface area contributed by atoms with Crippen molar-refractivity contribution < 1.29 is 23.1 Å². The van der Waals surface area contributed by atoms with Crippen molar-refractivity contribution in [1.82, 2.24) is 0 Å². The molecule has 30 heavy (non-hydrogen) atoms. The van der Waals surface area contributed by atoms with Gasteiger partial charge in [-0.1, -0.05) is 19.3 Å². The number of carbonyl (C=O) groups excluding carboxylic acids is 1. The van der Waals surface area contributed by atoms with E-state index in [9.17, 15) is 18.9 Å². The summed E-state index contributed by atoms with van der Waals surface area (Å²) in [5.41, 5.74) is -0.359. The number of anilines is 2. The summed E-state index contributed by atoms with van der Waals surface area (Å²) in [6.07, 6.45) is 4.53. The Morgan fingerprint density at radius 1 is 1.20 bits per heavy atom. The second-order valence-electron chi connectivity index (χ2n) is 7.85. The van der Waals surface area contributed by atoms with Gasteiger partial charge in [0.1, 0.15) is 11.4 Å². The predicted molar refractivity (Wildman–Crippen MR) is 114 cm³/mol. The number of carbonyl (C=O) groups is 1. The second kappa shape index (κ2) is 10.1. The van der Waals surface area contributed by atoms with E-state index in [1.807, 2.05) is 0 Å². The maximum Gasteiger partial charge on any atom is 0.335 e. The number of esters is 1. The molecule has 1 aromatic carbocycles. The summed E-state index contributed by atoms with van der Waals surface area (Å²) in [5, 5.41) is 2.98. The molecule has 1 fully saturated rings. The van der Waals surface area contributed by atoms with Crippen LogP contribution in [0.4, 0.5) is 11.4 Å². The van der Waals surface area contributed by atoms with Crippen molar-refractivity contribution in [3.63, 3.8) is 0 Å². The molecule has 168 valence electrons. The number of hydrogen-bond donors (Lipinski definition) is 1. The molecule has 1 aliphatic heterocycles. The van der Waals surface area contributed by atoms with Crippen LogP contribution in [0, 0.1) is 5.92 Å². The van der Waals surface area contributed by atoms with Crippen molar-refractivity contribution in [2.24, 2.45) is 5.92 Å². The zero-order valence-electron chi connectivity index (χ0n) is 17.7. The summed E-state index contributed by atoms with van der Waals surface area (Å²) in [4.78, 5) is 37.8. The first-order valence-corrected chi connectivity index (χ1v) is 12.5. The molecule has 2 atom stereocenters. The molecule has 2 unspecified atom stereocenters. The van der Waals surface area contributed by atoms with E-state index in [2.05, 4.69) is 5.32 Å². The van der Waals surface area contributed by atoms with Gasteiger partial charge in [0.2, 0.25) is 6.29 Å². The first kappa shape index (κ1) is 23.0. The summed E-state index contributed by atoms with van der Waals surface area (Å²) in [6.45, 7) is 4.81. The first-order chi connectivity index (χ1) is 14.3. The number of fused-ring (bicyclic) bond motifs is 1. The van der Waals surface area contributed by atoms with Crippen LogP contribution in [0.3, 0.4) is 0 Å². The summed E-state index contributed by atoms with van der Waals surface area (Å²) < 4.78 is 29.6. The monoisotopic (exact) mass is 442 g/mol. The molecule has 0 aromatic heterocycles. The van der Waals surface area contributed by atoms with Crippen LogP contribution in [-0.4, -0.2) is 44.7 Å². The fraction of sp³-hybridized carbons (Fsp3) is 0.750. The van der Waals surface area contributed by atoms with Gasteiger partial charge >= 0.3 is 13.6 Å². The molecular weight excluding hydrogens is 411 g/mol. The Morgan fingerprint density at radius 3 is 2.63 bits per heavy atom. The maximum atomic E-state index is 13.2. The molecule has 0 saturated heterocycles. The maximum absolute atomic E-state index is 13.2. The van der Waals surface area contributed by atoms with Gasteiger partial charge in [0.25, 0.3) is 10.9 Å². The van der Waals surface area contributed by atoms with E-state index < -0.39 is 24.7 Å². The normalized spacial score (nSPS) is 20.7. The minimum absolute atomic E-state index is 0.0183. The van der Waals surface area contributed by atoms with Crippen LogP contribution in [0.1, 0.15) is 52.4 Å². The lowest BCUT2D eigenvalue weighted by atomic mass is 9.89. The summed E-state index contributed by atoms with van der Waals surface area (Å²) in [7, 11) is -3.57. The smallest absolute Gasteiger partial charge is 0.335 e. The lowest BCUT2D eigenvalue weighted by Gasteiger charge is -2.28. The van der Waals surface area contributed by atoms with E-state index in [0.717, 1.165) is 38.5 Å². The minimum Gasteiger partial charge on any atom is -0.435 e. The van der Waals surface area contributed by atoms with Gasteiger partial charge in [-0.3, -0.25) is 23.5 Å². The Hall–Kier alpha value is -1.70. The highest BCUT2D eigenvalue weighted by Gasteiger charge is 2.33. The van der Waals surface area contributed by atoms with E-state index >= 15 is 0 Å². The molecule has 1 heterocycles. The van der Waals surface area contributed by atoms with Crippen LogP contribution < -0.4 is 21.1 Å². The van der Waals surface area contributed by atoms with Gasteiger partial charge in [0.15, 0.2) is 0 Å². The lowest BCUT2D eigenvalue weighted by Crippen LogP contribution is -2.42. The molecule has 0 bridgehead atoms. The van der Waals surface area contributed by atoms with Crippen LogP contribution in [-0.2, 0) is 23.1 Å². The van der Waals surface area contributed by atoms with E-state index in [0.29, 0.717) is 24.5 Å². The van der Waals surface area contributed by atoms with Gasteiger partial charge in [-0.25, -0.2) is 0 Å². The average Bonchev–Trinajstić information content (AvgIpc) is 2.92. The fourth-order valence-corrected chi connectivity index (χ4v) is 5.77. The zero-order chi connectivity index (χ0) is 21.7. The third kappa shape index (κ3) is 5.31. The average molecular weight is 442 g/mol. The van der Waals surface area contributed by atoms with E-state index in [4.69, 9.17) is 13.8 Å². The quantitative estimate of drug-likeness (QED) is 0.267. The Balaban J connectivity index is 1.59. The van der Waals surface area contributed by atoms with E-state index in [-0.39, 0.29) is 31.2 Å².